The Kier molecular flexibility index (Phi) is 4.89. The zero-order valence-electron chi connectivity index (χ0n) is 21.7. The van der Waals surface area contributed by atoms with Gasteiger partial charge in [-0.2, -0.15) is 10.5 Å². The highest BCUT2D eigenvalue weighted by molar-refractivity contribution is 6.10. The molecule has 0 saturated carbocycles. The number of nitrogens with zero attached hydrogens (tertiary/aromatic N) is 4. The predicted octanol–water partition coefficient (Wildman–Crippen LogP) is 8.64. The van der Waals surface area contributed by atoms with E-state index < -0.39 is 0 Å². The Bertz CT molecular complexity index is 1910. The minimum atomic E-state index is -0.120. The van der Waals surface area contributed by atoms with Crippen molar-refractivity contribution in [3.63, 3.8) is 0 Å². The SMILES string of the molecule is CC1(C)c2ccccc2N(c2cccc(-n3c4ccc(C#N)cc4c4cc(C#N)ccc43)c2)c2ccccc21. The summed E-state index contributed by atoms with van der Waals surface area (Å²) in [6.45, 7) is 4.59. The average Bonchev–Trinajstić information content (AvgIpc) is 3.30. The molecule has 0 saturated heterocycles. The van der Waals surface area contributed by atoms with Gasteiger partial charge >= 0.3 is 0 Å². The minimum absolute atomic E-state index is 0.120. The van der Waals surface area contributed by atoms with Crippen LogP contribution in [0.4, 0.5) is 17.1 Å². The van der Waals surface area contributed by atoms with Crippen molar-refractivity contribution in [2.75, 3.05) is 4.90 Å². The van der Waals surface area contributed by atoms with Crippen LogP contribution in [0.25, 0.3) is 27.5 Å². The molecule has 1 aliphatic rings. The van der Waals surface area contributed by atoms with Crippen LogP contribution < -0.4 is 4.90 Å². The van der Waals surface area contributed by atoms with Crippen LogP contribution in [0.1, 0.15) is 36.1 Å². The summed E-state index contributed by atoms with van der Waals surface area (Å²) in [4.78, 5) is 2.36. The third kappa shape index (κ3) is 3.29. The summed E-state index contributed by atoms with van der Waals surface area (Å²) in [6.07, 6.45) is 0. The Labute approximate surface area is 227 Å². The minimum Gasteiger partial charge on any atom is -0.310 e. The molecule has 1 aromatic heterocycles. The van der Waals surface area contributed by atoms with Crippen molar-refractivity contribution in [3.05, 3.63) is 131 Å². The number of hydrogen-bond donors (Lipinski definition) is 0. The van der Waals surface area contributed by atoms with E-state index in [1.54, 1.807) is 0 Å². The molecular weight excluding hydrogens is 476 g/mol. The molecule has 0 bridgehead atoms. The zero-order valence-corrected chi connectivity index (χ0v) is 21.7. The van der Waals surface area contributed by atoms with Crippen LogP contribution in [0, 0.1) is 22.7 Å². The molecule has 0 aliphatic carbocycles. The van der Waals surface area contributed by atoms with Gasteiger partial charge in [0.05, 0.1) is 45.7 Å². The first-order valence-electron chi connectivity index (χ1n) is 13.0. The third-order valence-corrected chi connectivity index (χ3v) is 8.01. The Morgan fingerprint density at radius 3 is 1.62 bits per heavy atom. The van der Waals surface area contributed by atoms with Gasteiger partial charge in [0.1, 0.15) is 0 Å². The molecule has 0 spiro atoms. The normalized spacial score (nSPS) is 13.5. The lowest BCUT2D eigenvalue weighted by Gasteiger charge is -2.42. The number of fused-ring (bicyclic) bond motifs is 5. The molecule has 0 N–H and O–H groups in total. The van der Waals surface area contributed by atoms with Crippen molar-refractivity contribution in [1.29, 1.82) is 10.5 Å². The van der Waals surface area contributed by atoms with Gasteiger partial charge in [0.2, 0.25) is 0 Å². The van der Waals surface area contributed by atoms with Crippen LogP contribution in [0.5, 0.6) is 0 Å². The lowest BCUT2D eigenvalue weighted by Crippen LogP contribution is -2.30. The van der Waals surface area contributed by atoms with Crippen LogP contribution >= 0.6 is 0 Å². The number of para-hydroxylation sites is 2. The Morgan fingerprint density at radius 2 is 1.08 bits per heavy atom. The molecule has 4 nitrogen and oxygen atoms in total. The maximum absolute atomic E-state index is 9.56. The first-order chi connectivity index (χ1) is 19.0. The van der Waals surface area contributed by atoms with Gasteiger partial charge < -0.3 is 9.47 Å². The fourth-order valence-electron chi connectivity index (χ4n) is 6.16. The fraction of sp³-hybridized carbons (Fsp3) is 0.0857. The highest BCUT2D eigenvalue weighted by Gasteiger charge is 2.36. The molecule has 39 heavy (non-hydrogen) atoms. The summed E-state index contributed by atoms with van der Waals surface area (Å²) >= 11 is 0. The average molecular weight is 501 g/mol. The number of aromatic nitrogens is 1. The number of benzene rings is 5. The van der Waals surface area contributed by atoms with Crippen molar-refractivity contribution in [3.8, 4) is 17.8 Å². The molecule has 184 valence electrons. The summed E-state index contributed by atoms with van der Waals surface area (Å²) in [5, 5.41) is 21.0. The summed E-state index contributed by atoms with van der Waals surface area (Å²) in [6, 6.07) is 42.0. The first-order valence-corrected chi connectivity index (χ1v) is 13.0. The molecule has 6 aromatic rings. The number of nitriles is 2. The topological polar surface area (TPSA) is 55.8 Å². The predicted molar refractivity (Wildman–Crippen MR) is 157 cm³/mol. The summed E-state index contributed by atoms with van der Waals surface area (Å²) in [7, 11) is 0. The molecule has 0 fully saturated rings. The molecule has 0 amide bonds. The van der Waals surface area contributed by atoms with Crippen molar-refractivity contribution in [2.45, 2.75) is 19.3 Å². The Hall–Kier alpha value is -5.32. The second kappa shape index (κ2) is 8.35. The number of rotatable bonds is 2. The molecule has 2 heterocycles. The molecule has 1 aliphatic heterocycles. The summed E-state index contributed by atoms with van der Waals surface area (Å²) in [5.41, 5.74) is 10.1. The second-order valence-electron chi connectivity index (χ2n) is 10.5. The highest BCUT2D eigenvalue weighted by Crippen LogP contribution is 2.51. The lowest BCUT2D eigenvalue weighted by molar-refractivity contribution is 0.632. The lowest BCUT2D eigenvalue weighted by atomic mass is 9.73. The zero-order chi connectivity index (χ0) is 26.7. The monoisotopic (exact) mass is 500 g/mol. The Morgan fingerprint density at radius 1 is 0.564 bits per heavy atom. The van der Waals surface area contributed by atoms with Crippen molar-refractivity contribution < 1.29 is 0 Å². The van der Waals surface area contributed by atoms with Crippen molar-refractivity contribution in [1.82, 2.24) is 4.57 Å². The van der Waals surface area contributed by atoms with Crippen molar-refractivity contribution >= 4 is 38.9 Å². The molecule has 0 radical (unpaired) electrons. The molecule has 7 rings (SSSR count). The standard InChI is InChI=1S/C35H24N4/c1-35(2)29-10-3-5-12-33(29)39(34-13-6-4-11-30(34)35)26-9-7-8-25(20-26)38-31-16-14-23(21-36)18-27(31)28-19-24(22-37)15-17-32(28)38/h3-20H,1-2H3. The maximum Gasteiger partial charge on any atom is 0.0991 e. The van der Waals surface area contributed by atoms with E-state index in [1.165, 1.54) is 22.5 Å². The molecule has 0 unspecified atom stereocenters. The van der Waals surface area contributed by atoms with E-state index in [1.807, 2.05) is 36.4 Å². The van der Waals surface area contributed by atoms with Gasteiger partial charge in [0, 0.05) is 27.6 Å². The van der Waals surface area contributed by atoms with E-state index in [9.17, 15) is 10.5 Å². The van der Waals surface area contributed by atoms with Crippen LogP contribution in [0.3, 0.4) is 0 Å². The number of hydrogen-bond acceptors (Lipinski definition) is 3. The van der Waals surface area contributed by atoms with E-state index in [0.29, 0.717) is 11.1 Å². The van der Waals surface area contributed by atoms with Gasteiger partial charge in [-0.05, 0) is 77.9 Å². The molecular formula is C35H24N4. The fourth-order valence-corrected chi connectivity index (χ4v) is 6.16. The molecule has 0 atom stereocenters. The number of anilines is 3. The van der Waals surface area contributed by atoms with Crippen LogP contribution in [-0.4, -0.2) is 4.57 Å². The molecule has 4 heteroatoms. The maximum atomic E-state index is 9.56. The van der Waals surface area contributed by atoms with Gasteiger partial charge in [0.25, 0.3) is 0 Å². The van der Waals surface area contributed by atoms with Gasteiger partial charge in [0.15, 0.2) is 0 Å². The quantitative estimate of drug-likeness (QED) is 0.239. The van der Waals surface area contributed by atoms with Crippen molar-refractivity contribution in [2.24, 2.45) is 0 Å². The smallest absolute Gasteiger partial charge is 0.0991 e. The van der Waals surface area contributed by atoms with Crippen LogP contribution in [0.2, 0.25) is 0 Å². The Balaban J connectivity index is 1.49. The molecule has 5 aromatic carbocycles. The largest absolute Gasteiger partial charge is 0.310 e. The van der Waals surface area contributed by atoms with Crippen LogP contribution in [-0.2, 0) is 5.41 Å². The second-order valence-corrected chi connectivity index (χ2v) is 10.5. The van der Waals surface area contributed by atoms with Gasteiger partial charge in [-0.1, -0.05) is 56.3 Å². The summed E-state index contributed by atoms with van der Waals surface area (Å²) in [5.74, 6) is 0. The van der Waals surface area contributed by atoms with E-state index in [-0.39, 0.29) is 5.41 Å². The van der Waals surface area contributed by atoms with E-state index in [4.69, 9.17) is 0 Å². The first kappa shape index (κ1) is 22.8. The third-order valence-electron chi connectivity index (χ3n) is 8.01. The van der Waals surface area contributed by atoms with Crippen LogP contribution in [0.15, 0.2) is 109 Å². The van der Waals surface area contributed by atoms with E-state index >= 15 is 0 Å². The van der Waals surface area contributed by atoms with E-state index in [0.717, 1.165) is 33.2 Å². The van der Waals surface area contributed by atoms with Gasteiger partial charge in [-0.25, -0.2) is 0 Å². The van der Waals surface area contributed by atoms with Gasteiger partial charge in [-0.15, -0.1) is 0 Å². The summed E-state index contributed by atoms with van der Waals surface area (Å²) < 4.78 is 2.22. The highest BCUT2D eigenvalue weighted by atomic mass is 15.2. The van der Waals surface area contributed by atoms with E-state index in [2.05, 4.69) is 108 Å². The van der Waals surface area contributed by atoms with Gasteiger partial charge in [-0.3, -0.25) is 0 Å².